The highest BCUT2D eigenvalue weighted by Crippen LogP contribution is 2.52. The van der Waals surface area contributed by atoms with E-state index < -0.39 is 8.07 Å². The summed E-state index contributed by atoms with van der Waals surface area (Å²) in [5, 5.41) is 13.1. The number of thioether (sulfide) groups is 1. The molecule has 0 aliphatic carbocycles. The van der Waals surface area contributed by atoms with Gasteiger partial charge in [-0.05, 0) is 52.6 Å². The molecule has 0 unspecified atom stereocenters. The Bertz CT molecular complexity index is 740. The summed E-state index contributed by atoms with van der Waals surface area (Å²) < 4.78 is 0. The molecule has 142 valence electrons. The number of aryl methyl sites for hydroxylation is 2. The van der Waals surface area contributed by atoms with Crippen LogP contribution in [-0.4, -0.2) is 18.6 Å². The summed E-state index contributed by atoms with van der Waals surface area (Å²) in [4.78, 5) is 1.29. The van der Waals surface area contributed by atoms with Gasteiger partial charge < -0.3 is 5.11 Å². The van der Waals surface area contributed by atoms with Crippen molar-refractivity contribution >= 4 is 25.0 Å². The second kappa shape index (κ2) is 7.44. The molecule has 2 aromatic carbocycles. The van der Waals surface area contributed by atoms with Gasteiger partial charge >= 0.3 is 0 Å². The SMILES string of the molecule is Cc1cc(SC[Si](c2ccccc2)(C(C)(C)C)C(C)(C)C)c(C)cc1O. The highest BCUT2D eigenvalue weighted by Gasteiger charge is 2.53. The van der Waals surface area contributed by atoms with E-state index in [4.69, 9.17) is 0 Å². The highest BCUT2D eigenvalue weighted by molar-refractivity contribution is 8.01. The number of phenols is 1. The van der Waals surface area contributed by atoms with E-state index >= 15 is 0 Å². The zero-order valence-electron chi connectivity index (χ0n) is 17.6. The van der Waals surface area contributed by atoms with E-state index in [0.717, 1.165) is 16.5 Å². The van der Waals surface area contributed by atoms with Crippen LogP contribution in [0.15, 0.2) is 47.4 Å². The molecule has 0 aromatic heterocycles. The monoisotopic (exact) mass is 386 g/mol. The lowest BCUT2D eigenvalue weighted by atomic mass is 10.1. The van der Waals surface area contributed by atoms with Crippen LogP contribution in [0, 0.1) is 13.8 Å². The molecule has 2 aromatic rings. The van der Waals surface area contributed by atoms with Gasteiger partial charge in [0.25, 0.3) is 0 Å². The lowest BCUT2D eigenvalue weighted by Gasteiger charge is -2.52. The van der Waals surface area contributed by atoms with Crippen LogP contribution in [0.4, 0.5) is 0 Å². The van der Waals surface area contributed by atoms with E-state index in [-0.39, 0.29) is 10.1 Å². The molecule has 0 saturated heterocycles. The van der Waals surface area contributed by atoms with Crippen molar-refractivity contribution in [3.05, 3.63) is 53.6 Å². The third-order valence-electron chi connectivity index (χ3n) is 5.76. The Kier molecular flexibility index (Phi) is 6.04. The lowest BCUT2D eigenvalue weighted by molar-refractivity contribution is 0.470. The molecule has 0 amide bonds. The zero-order chi connectivity index (χ0) is 19.8. The number of hydrogen-bond donors (Lipinski definition) is 1. The van der Waals surface area contributed by atoms with Crippen molar-refractivity contribution in [1.82, 2.24) is 0 Å². The molecular weight excluding hydrogens is 352 g/mol. The maximum absolute atomic E-state index is 9.99. The maximum atomic E-state index is 9.99. The van der Waals surface area contributed by atoms with Crippen molar-refractivity contribution in [2.24, 2.45) is 0 Å². The number of phenolic OH excluding ortho intramolecular Hbond substituents is 1. The second-order valence-electron chi connectivity index (χ2n) is 9.46. The van der Waals surface area contributed by atoms with Gasteiger partial charge in [0.05, 0.1) is 0 Å². The summed E-state index contributed by atoms with van der Waals surface area (Å²) in [5.74, 6) is 0.394. The molecule has 0 heterocycles. The Morgan fingerprint density at radius 2 is 1.38 bits per heavy atom. The Hall–Kier alpha value is -1.19. The van der Waals surface area contributed by atoms with Crippen LogP contribution in [0.2, 0.25) is 10.1 Å². The van der Waals surface area contributed by atoms with Crippen molar-refractivity contribution < 1.29 is 5.11 Å². The summed E-state index contributed by atoms with van der Waals surface area (Å²) >= 11 is 1.98. The number of rotatable bonds is 4. The maximum Gasteiger partial charge on any atom is 0.118 e. The summed E-state index contributed by atoms with van der Waals surface area (Å²) in [6, 6.07) is 15.2. The fourth-order valence-electron chi connectivity index (χ4n) is 4.35. The summed E-state index contributed by atoms with van der Waals surface area (Å²) in [6.45, 7) is 18.6. The number of aromatic hydroxyl groups is 1. The molecule has 2 rings (SSSR count). The predicted octanol–water partition coefficient (Wildman–Crippen LogP) is 6.60. The fourth-order valence-corrected chi connectivity index (χ4v) is 15.3. The van der Waals surface area contributed by atoms with E-state index in [1.165, 1.54) is 4.90 Å². The summed E-state index contributed by atoms with van der Waals surface area (Å²) in [6.07, 6.45) is 0. The quantitative estimate of drug-likeness (QED) is 0.472. The van der Waals surface area contributed by atoms with E-state index in [1.54, 1.807) is 5.19 Å². The molecule has 3 heteroatoms. The third-order valence-corrected chi connectivity index (χ3v) is 15.3. The van der Waals surface area contributed by atoms with Crippen LogP contribution in [0.5, 0.6) is 5.75 Å². The Labute approximate surface area is 165 Å². The van der Waals surface area contributed by atoms with Crippen LogP contribution < -0.4 is 5.19 Å². The van der Waals surface area contributed by atoms with Crippen LogP contribution in [0.3, 0.4) is 0 Å². The topological polar surface area (TPSA) is 20.2 Å². The normalized spacial score (nSPS) is 13.1. The minimum Gasteiger partial charge on any atom is -0.508 e. The smallest absolute Gasteiger partial charge is 0.118 e. The van der Waals surface area contributed by atoms with Gasteiger partial charge in [0, 0.05) is 4.90 Å². The first-order valence-corrected chi connectivity index (χ1v) is 12.6. The zero-order valence-corrected chi connectivity index (χ0v) is 19.4. The van der Waals surface area contributed by atoms with Crippen molar-refractivity contribution in [3.63, 3.8) is 0 Å². The standard InChI is InChI=1S/C23H34OSSi/c1-17-15-21(18(2)14-20(17)24)25-16-26(22(3,4)5,23(6,7)8)19-12-10-9-11-13-19/h9-15,24H,16H2,1-8H3. The molecule has 0 bridgehead atoms. The molecule has 0 saturated carbocycles. The van der Waals surface area contributed by atoms with E-state index in [1.807, 2.05) is 24.8 Å². The molecule has 0 radical (unpaired) electrons. The van der Waals surface area contributed by atoms with E-state index in [9.17, 15) is 5.11 Å². The van der Waals surface area contributed by atoms with E-state index in [0.29, 0.717) is 5.75 Å². The molecule has 0 aliphatic rings. The molecule has 0 aliphatic heterocycles. The van der Waals surface area contributed by atoms with Crippen LogP contribution >= 0.6 is 11.8 Å². The molecule has 26 heavy (non-hydrogen) atoms. The molecule has 0 fully saturated rings. The second-order valence-corrected chi connectivity index (χ2v) is 16.7. The lowest BCUT2D eigenvalue weighted by Crippen LogP contribution is -2.63. The Morgan fingerprint density at radius 1 is 0.846 bits per heavy atom. The Balaban J connectivity index is 2.54. The van der Waals surface area contributed by atoms with Gasteiger partial charge in [-0.25, -0.2) is 0 Å². The average Bonchev–Trinajstić information content (AvgIpc) is 2.51. The Morgan fingerprint density at radius 3 is 1.88 bits per heavy atom. The van der Waals surface area contributed by atoms with Gasteiger partial charge in [-0.2, -0.15) is 0 Å². The van der Waals surface area contributed by atoms with Gasteiger partial charge in [0.2, 0.25) is 0 Å². The van der Waals surface area contributed by atoms with Crippen LogP contribution in [0.25, 0.3) is 0 Å². The molecule has 1 N–H and O–H groups in total. The first-order valence-electron chi connectivity index (χ1n) is 9.39. The van der Waals surface area contributed by atoms with Crippen molar-refractivity contribution in [3.8, 4) is 5.75 Å². The van der Waals surface area contributed by atoms with Gasteiger partial charge in [-0.3, -0.25) is 0 Å². The third kappa shape index (κ3) is 3.89. The van der Waals surface area contributed by atoms with E-state index in [2.05, 4.69) is 84.9 Å². The van der Waals surface area contributed by atoms with Gasteiger partial charge in [-0.1, -0.05) is 77.1 Å². The first kappa shape index (κ1) is 21.1. The van der Waals surface area contributed by atoms with Gasteiger partial charge in [-0.15, -0.1) is 11.8 Å². The molecule has 1 nitrogen and oxygen atoms in total. The average molecular weight is 387 g/mol. The number of benzene rings is 2. The van der Waals surface area contributed by atoms with Crippen molar-refractivity contribution in [2.75, 3.05) is 5.38 Å². The van der Waals surface area contributed by atoms with Crippen molar-refractivity contribution in [2.45, 2.75) is 70.4 Å². The fraction of sp³-hybridized carbons (Fsp3) is 0.478. The predicted molar refractivity (Wildman–Crippen MR) is 120 cm³/mol. The molecule has 0 spiro atoms. The number of hydrogen-bond acceptors (Lipinski definition) is 2. The van der Waals surface area contributed by atoms with Crippen LogP contribution in [0.1, 0.15) is 52.7 Å². The highest BCUT2D eigenvalue weighted by atomic mass is 32.2. The largest absolute Gasteiger partial charge is 0.508 e. The summed E-state index contributed by atoms with van der Waals surface area (Å²) in [7, 11) is -1.91. The summed E-state index contributed by atoms with van der Waals surface area (Å²) in [5.41, 5.74) is 2.12. The van der Waals surface area contributed by atoms with Gasteiger partial charge in [0.15, 0.2) is 0 Å². The van der Waals surface area contributed by atoms with Crippen LogP contribution in [-0.2, 0) is 0 Å². The molecule has 0 atom stereocenters. The first-order chi connectivity index (χ1) is 11.9. The molecular formula is C23H34OSSi. The minimum absolute atomic E-state index is 0.236. The van der Waals surface area contributed by atoms with Gasteiger partial charge in [0.1, 0.15) is 13.8 Å². The minimum atomic E-state index is -1.91. The van der Waals surface area contributed by atoms with Crippen molar-refractivity contribution in [1.29, 1.82) is 0 Å².